The van der Waals surface area contributed by atoms with E-state index < -0.39 is 10.9 Å². The van der Waals surface area contributed by atoms with E-state index >= 15 is 0 Å². The number of aryl methyl sites for hydroxylation is 2. The Balaban J connectivity index is 1.38. The van der Waals surface area contributed by atoms with Gasteiger partial charge >= 0.3 is 6.03 Å². The van der Waals surface area contributed by atoms with Crippen LogP contribution in [0, 0.1) is 5.41 Å². The number of amides is 3. The third kappa shape index (κ3) is 2.91. The second-order valence-electron chi connectivity index (χ2n) is 8.46. The summed E-state index contributed by atoms with van der Waals surface area (Å²) in [6.07, 6.45) is 7.48. The Morgan fingerprint density at radius 3 is 2.56 bits per heavy atom. The Hall–Kier alpha value is -1.73. The monoisotopic (exact) mass is 386 g/mol. The second kappa shape index (κ2) is 6.41. The van der Waals surface area contributed by atoms with Gasteiger partial charge in [0.15, 0.2) is 0 Å². The highest BCUT2D eigenvalue weighted by Gasteiger charge is 2.49. The van der Waals surface area contributed by atoms with Crippen LogP contribution in [0.5, 0.6) is 0 Å². The molecule has 144 valence electrons. The Labute approximate surface area is 162 Å². The Bertz CT molecular complexity index is 849. The summed E-state index contributed by atoms with van der Waals surface area (Å²) < 4.78 is 7.31. The summed E-state index contributed by atoms with van der Waals surface area (Å²) in [7, 11) is 1.33. The zero-order chi connectivity index (χ0) is 18.6. The fourth-order valence-corrected chi connectivity index (χ4v) is 6.96. The fraction of sp³-hybridized carbons (Fsp3) is 0.600. The molecule has 7 heteroatoms. The summed E-state index contributed by atoms with van der Waals surface area (Å²) in [6, 6.07) is 2.05. The van der Waals surface area contributed by atoms with Crippen molar-refractivity contribution in [3.63, 3.8) is 0 Å². The average Bonchev–Trinajstić information content (AvgIpc) is 3.37. The molecule has 1 aromatic rings. The fourth-order valence-electron chi connectivity index (χ4n) is 5.21. The quantitative estimate of drug-likeness (QED) is 0.778. The lowest BCUT2D eigenvalue weighted by atomic mass is 9.89. The topological polar surface area (TPSA) is 73.8 Å². The van der Waals surface area contributed by atoms with Gasteiger partial charge in [-0.1, -0.05) is 6.07 Å². The number of hydrogen-bond donors (Lipinski definition) is 2. The third-order valence-electron chi connectivity index (χ3n) is 6.55. The predicted octanol–water partition coefficient (Wildman–Crippen LogP) is 2.36. The minimum atomic E-state index is -0.715. The minimum absolute atomic E-state index is 0.0632. The maximum absolute atomic E-state index is 12.7. The van der Waals surface area contributed by atoms with Crippen LogP contribution in [0.1, 0.15) is 41.5 Å². The van der Waals surface area contributed by atoms with E-state index in [1.165, 1.54) is 22.3 Å². The van der Waals surface area contributed by atoms with E-state index in [0.717, 1.165) is 63.7 Å². The molecule has 0 aromatic heterocycles. The van der Waals surface area contributed by atoms with E-state index in [-0.39, 0.29) is 17.4 Å². The van der Waals surface area contributed by atoms with Gasteiger partial charge in [-0.05, 0) is 80.8 Å². The number of carbonyl (C=O) groups is 2. The van der Waals surface area contributed by atoms with Gasteiger partial charge in [-0.3, -0.25) is 9.52 Å². The highest BCUT2D eigenvalue weighted by atomic mass is 32.2. The van der Waals surface area contributed by atoms with E-state index in [0.29, 0.717) is 5.75 Å². The van der Waals surface area contributed by atoms with Crippen molar-refractivity contribution in [3.8, 4) is 0 Å². The standard InChI is InChI=1S/C20H26N4O2S/c1-24-9-8-20(11-24)12-27(22-18(20)25)23-19(26)21-17-15-6-2-4-13(15)10-14-5-3-7-16(14)17/h10H,2-9,11-12H2,1H3,(H2,21,22,23,25,26). The number of anilines is 1. The molecule has 1 spiro atoms. The molecule has 0 radical (unpaired) electrons. The molecule has 0 saturated carbocycles. The van der Waals surface area contributed by atoms with Crippen LogP contribution in [-0.2, 0) is 41.4 Å². The van der Waals surface area contributed by atoms with Gasteiger partial charge in [-0.15, -0.1) is 0 Å². The summed E-state index contributed by atoms with van der Waals surface area (Å²) in [4.78, 5) is 27.4. The largest absolute Gasteiger partial charge is 0.352 e. The van der Waals surface area contributed by atoms with Gasteiger partial charge in [-0.25, -0.2) is 4.79 Å². The Kier molecular flexibility index (Phi) is 4.13. The molecule has 2 aliphatic heterocycles. The molecule has 5 rings (SSSR count). The van der Waals surface area contributed by atoms with Crippen LogP contribution in [0.2, 0.25) is 0 Å². The third-order valence-corrected chi connectivity index (χ3v) is 8.18. The first-order valence-electron chi connectivity index (χ1n) is 9.94. The van der Waals surface area contributed by atoms with Crippen LogP contribution in [0.3, 0.4) is 0 Å². The molecule has 2 heterocycles. The molecule has 4 aliphatic rings. The Morgan fingerprint density at radius 1 is 1.22 bits per heavy atom. The van der Waals surface area contributed by atoms with Crippen molar-refractivity contribution in [1.29, 1.82) is 0 Å². The summed E-state index contributed by atoms with van der Waals surface area (Å²) in [5, 5.41) is 3.11. The predicted molar refractivity (Wildman–Crippen MR) is 107 cm³/mol. The number of carbonyl (C=O) groups excluding carboxylic acids is 2. The van der Waals surface area contributed by atoms with Crippen molar-refractivity contribution in [1.82, 2.24) is 9.62 Å². The number of nitrogens with one attached hydrogen (secondary N) is 2. The lowest BCUT2D eigenvalue weighted by Gasteiger charge is -2.17. The molecule has 27 heavy (non-hydrogen) atoms. The molecule has 3 amide bonds. The summed E-state index contributed by atoms with van der Waals surface area (Å²) >= 11 is 0. The van der Waals surface area contributed by atoms with E-state index in [1.807, 2.05) is 7.05 Å². The van der Waals surface area contributed by atoms with Gasteiger partial charge < -0.3 is 10.2 Å². The molecule has 2 aliphatic carbocycles. The van der Waals surface area contributed by atoms with Crippen molar-refractivity contribution in [2.75, 3.05) is 31.2 Å². The molecule has 2 unspecified atom stereocenters. The number of likely N-dealkylation sites (tertiary alicyclic amines) is 1. The first kappa shape index (κ1) is 17.4. The second-order valence-corrected chi connectivity index (χ2v) is 9.87. The molecular formula is C20H26N4O2S. The number of hydrogen-bond acceptors (Lipinski definition) is 3. The van der Waals surface area contributed by atoms with Gasteiger partial charge in [0, 0.05) is 28.9 Å². The number of fused-ring (bicyclic) bond motifs is 2. The van der Waals surface area contributed by atoms with Crippen molar-refractivity contribution in [3.05, 3.63) is 28.3 Å². The molecule has 0 bridgehead atoms. The highest BCUT2D eigenvalue weighted by Crippen LogP contribution is 2.39. The normalized spacial score (nSPS) is 29.4. The number of nitrogens with zero attached hydrogens (tertiary/aromatic N) is 2. The van der Waals surface area contributed by atoms with Crippen LogP contribution in [0.25, 0.3) is 0 Å². The van der Waals surface area contributed by atoms with E-state index in [9.17, 15) is 9.59 Å². The number of urea groups is 1. The molecule has 2 fully saturated rings. The maximum Gasteiger partial charge on any atom is 0.352 e. The molecule has 2 N–H and O–H groups in total. The van der Waals surface area contributed by atoms with E-state index in [1.54, 1.807) is 0 Å². The molecule has 2 atom stereocenters. The molecule has 2 saturated heterocycles. The molecular weight excluding hydrogens is 360 g/mol. The Morgan fingerprint density at radius 2 is 1.93 bits per heavy atom. The summed E-state index contributed by atoms with van der Waals surface area (Å²) in [5.74, 6) is 0.711. The van der Waals surface area contributed by atoms with Crippen LogP contribution in [0.4, 0.5) is 10.5 Å². The van der Waals surface area contributed by atoms with Crippen LogP contribution in [-0.4, -0.2) is 42.7 Å². The zero-order valence-electron chi connectivity index (χ0n) is 15.8. The lowest BCUT2D eigenvalue weighted by Crippen LogP contribution is -2.35. The van der Waals surface area contributed by atoms with Crippen molar-refractivity contribution < 1.29 is 9.59 Å². The van der Waals surface area contributed by atoms with Gasteiger partial charge in [0.05, 0.1) is 5.41 Å². The van der Waals surface area contributed by atoms with Crippen molar-refractivity contribution >= 4 is 28.5 Å². The lowest BCUT2D eigenvalue weighted by molar-refractivity contribution is -0.126. The number of rotatable bonds is 1. The van der Waals surface area contributed by atoms with Gasteiger partial charge in [0.2, 0.25) is 5.91 Å². The van der Waals surface area contributed by atoms with Crippen LogP contribution < -0.4 is 10.0 Å². The van der Waals surface area contributed by atoms with Crippen molar-refractivity contribution in [2.24, 2.45) is 9.78 Å². The van der Waals surface area contributed by atoms with E-state index in [2.05, 4.69) is 25.4 Å². The SMILES string of the molecule is CN1CCC2(C1)C/S(=N/C(=O)Nc1c3c(cc4c1CCC4)CCC3)NC2=O. The smallest absolute Gasteiger partial charge is 0.305 e. The summed E-state index contributed by atoms with van der Waals surface area (Å²) in [6.45, 7) is 1.69. The summed E-state index contributed by atoms with van der Waals surface area (Å²) in [5.41, 5.74) is 6.09. The first-order valence-corrected chi connectivity index (χ1v) is 11.3. The van der Waals surface area contributed by atoms with Crippen LogP contribution in [0.15, 0.2) is 10.4 Å². The zero-order valence-corrected chi connectivity index (χ0v) is 16.6. The van der Waals surface area contributed by atoms with Gasteiger partial charge in [0.25, 0.3) is 0 Å². The van der Waals surface area contributed by atoms with Gasteiger partial charge in [-0.2, -0.15) is 4.36 Å². The molecule has 6 nitrogen and oxygen atoms in total. The average molecular weight is 387 g/mol. The minimum Gasteiger partial charge on any atom is -0.305 e. The van der Waals surface area contributed by atoms with Gasteiger partial charge in [0.1, 0.15) is 0 Å². The highest BCUT2D eigenvalue weighted by molar-refractivity contribution is 7.86. The van der Waals surface area contributed by atoms with Crippen LogP contribution >= 0.6 is 0 Å². The number of benzene rings is 1. The molecule has 1 aromatic carbocycles. The van der Waals surface area contributed by atoms with E-state index in [4.69, 9.17) is 0 Å². The van der Waals surface area contributed by atoms with Crippen molar-refractivity contribution in [2.45, 2.75) is 44.9 Å². The maximum atomic E-state index is 12.7. The first-order chi connectivity index (χ1) is 13.0.